The number of quaternary nitrogens is 1. The number of hydrogen-bond acceptors (Lipinski definition) is 5. The Hall–Kier alpha value is -2.51. The number of nitrogens with two attached hydrogens (primary N) is 1. The molecule has 0 spiro atoms. The number of carbonyl (C=O) groups excluding carboxylic acids is 3. The summed E-state index contributed by atoms with van der Waals surface area (Å²) in [5.74, 6) is -0.831. The van der Waals surface area contributed by atoms with E-state index in [1.165, 1.54) is 15.3 Å². The van der Waals surface area contributed by atoms with Crippen molar-refractivity contribution in [3.63, 3.8) is 0 Å². The van der Waals surface area contributed by atoms with Gasteiger partial charge < -0.3 is 10.1 Å². The Bertz CT molecular complexity index is 844. The Kier molecular flexibility index (Phi) is 6.03. The molecule has 142 valence electrons. The lowest BCUT2D eigenvalue weighted by atomic mass is 10.2. The van der Waals surface area contributed by atoms with Crippen LogP contribution in [0.25, 0.3) is 0 Å². The average Bonchev–Trinajstić information content (AvgIpc) is 3.18. The van der Waals surface area contributed by atoms with Gasteiger partial charge in [-0.25, -0.2) is 9.69 Å². The van der Waals surface area contributed by atoms with Crippen molar-refractivity contribution in [1.29, 1.82) is 0 Å². The van der Waals surface area contributed by atoms with E-state index in [2.05, 4.69) is 18.4 Å². The van der Waals surface area contributed by atoms with Gasteiger partial charge in [-0.15, -0.1) is 11.3 Å². The van der Waals surface area contributed by atoms with E-state index in [9.17, 15) is 14.4 Å². The quantitative estimate of drug-likeness (QED) is 0.579. The number of nitrogens with zero attached hydrogens (tertiary/aromatic N) is 1. The van der Waals surface area contributed by atoms with Gasteiger partial charge in [-0.2, -0.15) is 0 Å². The molecule has 3 rings (SSSR count). The van der Waals surface area contributed by atoms with Gasteiger partial charge in [0.2, 0.25) is 5.91 Å². The second kappa shape index (κ2) is 8.45. The molecule has 0 unspecified atom stereocenters. The van der Waals surface area contributed by atoms with Gasteiger partial charge >= 0.3 is 5.97 Å². The summed E-state index contributed by atoms with van der Waals surface area (Å²) in [5, 5.41) is 4.02. The van der Waals surface area contributed by atoms with Gasteiger partial charge in [0.25, 0.3) is 5.91 Å². The average molecular weight is 387 g/mol. The zero-order chi connectivity index (χ0) is 19.4. The number of benzene rings is 1. The molecule has 7 heteroatoms. The molecule has 2 aromatic rings. The van der Waals surface area contributed by atoms with E-state index >= 15 is 0 Å². The fourth-order valence-electron chi connectivity index (χ4n) is 3.15. The van der Waals surface area contributed by atoms with Gasteiger partial charge in [0.15, 0.2) is 6.04 Å². The summed E-state index contributed by atoms with van der Waals surface area (Å²) in [6, 6.07) is 8.07. The van der Waals surface area contributed by atoms with Crippen LogP contribution in [0.2, 0.25) is 0 Å². The number of ether oxygens (including phenoxy) is 1. The monoisotopic (exact) mass is 387 g/mol. The lowest BCUT2D eigenvalue weighted by Gasteiger charge is -2.14. The van der Waals surface area contributed by atoms with Crippen molar-refractivity contribution < 1.29 is 24.4 Å². The van der Waals surface area contributed by atoms with Gasteiger partial charge in [-0.05, 0) is 55.1 Å². The molecule has 2 N–H and O–H groups in total. The molecule has 0 radical (unpaired) electrons. The number of thiophene rings is 1. The van der Waals surface area contributed by atoms with E-state index in [4.69, 9.17) is 4.74 Å². The predicted octanol–water partition coefficient (Wildman–Crippen LogP) is 1.67. The number of esters is 1. The third-order valence-corrected chi connectivity index (χ3v) is 5.69. The topological polar surface area (TPSA) is 80.3 Å². The highest BCUT2D eigenvalue weighted by Gasteiger charge is 2.42. The summed E-state index contributed by atoms with van der Waals surface area (Å²) in [6.45, 7) is 4.88. The number of rotatable bonds is 7. The van der Waals surface area contributed by atoms with E-state index in [0.717, 1.165) is 13.0 Å². The molecule has 1 aromatic heterocycles. The fraction of sp³-hybridized carbons (Fsp3) is 0.350. The second-order valence-electron chi connectivity index (χ2n) is 6.45. The molecule has 1 saturated heterocycles. The van der Waals surface area contributed by atoms with Crippen LogP contribution in [0, 0.1) is 6.92 Å². The number of carbonyl (C=O) groups is 3. The third kappa shape index (κ3) is 4.26. The van der Waals surface area contributed by atoms with Crippen LogP contribution < -0.4 is 10.2 Å². The highest BCUT2D eigenvalue weighted by Crippen LogP contribution is 2.22. The molecular formula is C20H23N2O4S+. The molecule has 27 heavy (non-hydrogen) atoms. The largest absolute Gasteiger partial charge is 0.462 e. The number of amides is 2. The van der Waals surface area contributed by atoms with Crippen LogP contribution in [-0.2, 0) is 20.7 Å². The van der Waals surface area contributed by atoms with E-state index in [-0.39, 0.29) is 24.3 Å². The van der Waals surface area contributed by atoms with Gasteiger partial charge in [0.1, 0.15) is 0 Å². The van der Waals surface area contributed by atoms with Crippen molar-refractivity contribution in [2.75, 3.05) is 18.1 Å². The van der Waals surface area contributed by atoms with Crippen LogP contribution in [-0.4, -0.2) is 37.0 Å². The first kappa shape index (κ1) is 19.3. The van der Waals surface area contributed by atoms with E-state index in [1.54, 1.807) is 42.5 Å². The summed E-state index contributed by atoms with van der Waals surface area (Å²) in [4.78, 5) is 39.3. The predicted molar refractivity (Wildman–Crippen MR) is 103 cm³/mol. The maximum Gasteiger partial charge on any atom is 0.338 e. The van der Waals surface area contributed by atoms with E-state index in [0.29, 0.717) is 17.9 Å². The lowest BCUT2D eigenvalue weighted by molar-refractivity contribution is -0.674. The Morgan fingerprint density at radius 1 is 1.26 bits per heavy atom. The highest BCUT2D eigenvalue weighted by molar-refractivity contribution is 7.10. The fourth-order valence-corrected chi connectivity index (χ4v) is 4.07. The van der Waals surface area contributed by atoms with E-state index < -0.39 is 5.97 Å². The van der Waals surface area contributed by atoms with Crippen LogP contribution >= 0.6 is 11.3 Å². The first-order chi connectivity index (χ1) is 13.0. The van der Waals surface area contributed by atoms with Crippen LogP contribution in [0.5, 0.6) is 0 Å². The molecular weight excluding hydrogens is 364 g/mol. The molecule has 1 aromatic carbocycles. The normalized spacial score (nSPS) is 16.8. The molecule has 1 fully saturated rings. The van der Waals surface area contributed by atoms with Gasteiger partial charge in [-0.1, -0.05) is 0 Å². The van der Waals surface area contributed by atoms with E-state index in [1.807, 2.05) is 5.32 Å². The van der Waals surface area contributed by atoms with Crippen LogP contribution in [0.4, 0.5) is 5.69 Å². The summed E-state index contributed by atoms with van der Waals surface area (Å²) in [6.07, 6.45) is 1.08. The maximum atomic E-state index is 12.7. The van der Waals surface area contributed by atoms with Crippen molar-refractivity contribution in [3.05, 3.63) is 51.7 Å². The minimum Gasteiger partial charge on any atom is -0.462 e. The molecule has 0 aliphatic carbocycles. The zero-order valence-corrected chi connectivity index (χ0v) is 16.3. The van der Waals surface area contributed by atoms with Crippen molar-refractivity contribution >= 4 is 34.8 Å². The van der Waals surface area contributed by atoms with Gasteiger partial charge in [-0.3, -0.25) is 9.59 Å². The second-order valence-corrected chi connectivity index (χ2v) is 7.45. The Balaban J connectivity index is 1.62. The van der Waals surface area contributed by atoms with Crippen molar-refractivity contribution in [2.24, 2.45) is 0 Å². The SMILES string of the molecule is CCOC(=O)c1ccc(N2C(=O)C[C@H]([NH2+]CCc3sccc3C)C2=O)cc1. The summed E-state index contributed by atoms with van der Waals surface area (Å²) in [7, 11) is 0. The van der Waals surface area contributed by atoms with Gasteiger partial charge in [0, 0.05) is 11.3 Å². The minimum absolute atomic E-state index is 0.196. The van der Waals surface area contributed by atoms with Crippen LogP contribution in [0.1, 0.15) is 34.1 Å². The third-order valence-electron chi connectivity index (χ3n) is 4.61. The highest BCUT2D eigenvalue weighted by atomic mass is 32.1. The minimum atomic E-state index is -0.418. The maximum absolute atomic E-state index is 12.7. The lowest BCUT2D eigenvalue weighted by Crippen LogP contribution is -2.92. The Morgan fingerprint density at radius 3 is 2.63 bits per heavy atom. The van der Waals surface area contributed by atoms with Crippen LogP contribution in [0.15, 0.2) is 35.7 Å². The summed E-state index contributed by atoms with van der Waals surface area (Å²) in [5.41, 5.74) is 2.16. The summed E-state index contributed by atoms with van der Waals surface area (Å²) >= 11 is 1.72. The molecule has 1 aliphatic rings. The zero-order valence-electron chi connectivity index (χ0n) is 15.4. The standard InChI is InChI=1S/C20H22N2O4S/c1-3-26-20(25)14-4-6-15(7-5-14)22-18(23)12-16(19(22)24)21-10-8-17-13(2)9-11-27-17/h4-7,9,11,16,21H,3,8,10,12H2,1-2H3/p+1/t16-/m0/s1. The Morgan fingerprint density at radius 2 is 2.00 bits per heavy atom. The smallest absolute Gasteiger partial charge is 0.338 e. The van der Waals surface area contributed by atoms with Crippen molar-refractivity contribution in [2.45, 2.75) is 32.7 Å². The molecule has 1 atom stereocenters. The number of anilines is 1. The van der Waals surface area contributed by atoms with Crippen LogP contribution in [0.3, 0.4) is 0 Å². The molecule has 0 bridgehead atoms. The molecule has 2 heterocycles. The Labute approximate surface area is 162 Å². The first-order valence-corrected chi connectivity index (χ1v) is 9.89. The molecule has 0 saturated carbocycles. The van der Waals surface area contributed by atoms with Gasteiger partial charge in [0.05, 0.1) is 30.8 Å². The number of imide groups is 1. The number of hydrogen-bond donors (Lipinski definition) is 1. The molecule has 1 aliphatic heterocycles. The van der Waals surface area contributed by atoms with Crippen molar-refractivity contribution in [1.82, 2.24) is 0 Å². The molecule has 6 nitrogen and oxygen atoms in total. The number of aryl methyl sites for hydroxylation is 1. The first-order valence-electron chi connectivity index (χ1n) is 9.01. The summed E-state index contributed by atoms with van der Waals surface area (Å²) < 4.78 is 4.95. The molecule has 2 amide bonds. The van der Waals surface area contributed by atoms with Crippen molar-refractivity contribution in [3.8, 4) is 0 Å².